The Balaban J connectivity index is 3.84. The highest BCUT2D eigenvalue weighted by molar-refractivity contribution is 5.72. The van der Waals surface area contributed by atoms with Crippen molar-refractivity contribution >= 4 is 6.29 Å². The zero-order valence-corrected chi connectivity index (χ0v) is 7.76. The Labute approximate surface area is 69.5 Å². The molecule has 0 fully saturated rings. The molecule has 0 rings (SSSR count). The third-order valence-electron chi connectivity index (χ3n) is 1.52. The summed E-state index contributed by atoms with van der Waals surface area (Å²) in [6.45, 7) is 6.32. The molecule has 0 aliphatic carbocycles. The summed E-state index contributed by atoms with van der Waals surface area (Å²) >= 11 is 0. The van der Waals surface area contributed by atoms with E-state index in [1.807, 2.05) is 6.08 Å². The number of hydrogen-bond acceptors (Lipinski definition) is 1. The van der Waals surface area contributed by atoms with Crippen LogP contribution in [0.5, 0.6) is 0 Å². The summed E-state index contributed by atoms with van der Waals surface area (Å²) in [7, 11) is 0. The van der Waals surface area contributed by atoms with Gasteiger partial charge in [0.1, 0.15) is 6.29 Å². The monoisotopic (exact) mass is 154 g/mol. The zero-order chi connectivity index (χ0) is 8.69. The minimum atomic E-state index is 0.493. The topological polar surface area (TPSA) is 17.1 Å². The first-order chi connectivity index (χ1) is 5.20. The van der Waals surface area contributed by atoms with Crippen LogP contribution < -0.4 is 0 Å². The Morgan fingerprint density at radius 1 is 1.45 bits per heavy atom. The van der Waals surface area contributed by atoms with Gasteiger partial charge in [0.25, 0.3) is 0 Å². The van der Waals surface area contributed by atoms with Crippen molar-refractivity contribution in [2.75, 3.05) is 0 Å². The van der Waals surface area contributed by atoms with Gasteiger partial charge in [0.15, 0.2) is 0 Å². The maximum absolute atomic E-state index is 10.5. The van der Waals surface area contributed by atoms with Crippen molar-refractivity contribution < 1.29 is 4.79 Å². The average Bonchev–Trinajstić information content (AvgIpc) is 1.97. The van der Waals surface area contributed by atoms with Crippen molar-refractivity contribution in [2.24, 2.45) is 5.92 Å². The summed E-state index contributed by atoms with van der Waals surface area (Å²) in [5.74, 6) is 0.493. The number of carbonyl (C=O) groups excluding carboxylic acids is 1. The van der Waals surface area contributed by atoms with Crippen LogP contribution in [0.1, 0.15) is 40.0 Å². The number of unbranched alkanes of at least 4 members (excludes halogenated alkanes) is 1. The van der Waals surface area contributed by atoms with E-state index in [1.54, 1.807) is 0 Å². The van der Waals surface area contributed by atoms with E-state index in [9.17, 15) is 4.79 Å². The van der Waals surface area contributed by atoms with E-state index in [-0.39, 0.29) is 0 Å². The summed E-state index contributed by atoms with van der Waals surface area (Å²) in [6, 6.07) is 0. The third kappa shape index (κ3) is 5.84. The van der Waals surface area contributed by atoms with E-state index in [2.05, 4.69) is 20.8 Å². The van der Waals surface area contributed by atoms with Gasteiger partial charge in [-0.3, -0.25) is 4.79 Å². The lowest BCUT2D eigenvalue weighted by atomic mass is 10.1. The van der Waals surface area contributed by atoms with Gasteiger partial charge in [-0.1, -0.05) is 33.3 Å². The molecule has 0 aliphatic rings. The number of rotatable bonds is 5. The third-order valence-corrected chi connectivity index (χ3v) is 1.52. The lowest BCUT2D eigenvalue weighted by Crippen LogP contribution is -1.89. The van der Waals surface area contributed by atoms with Gasteiger partial charge in [-0.05, 0) is 24.3 Å². The number of carbonyl (C=O) groups is 1. The molecule has 0 aliphatic heterocycles. The van der Waals surface area contributed by atoms with E-state index in [1.165, 1.54) is 0 Å². The van der Waals surface area contributed by atoms with Crippen LogP contribution in [0, 0.1) is 5.92 Å². The molecular formula is C10H18O. The molecule has 0 heterocycles. The molecule has 0 spiro atoms. The normalized spacial score (nSPS) is 12.2. The lowest BCUT2D eigenvalue weighted by molar-refractivity contribution is -0.105. The standard InChI is InChI=1S/C10H18O/c1-4-5-6-10(8-11)7-9(2)3/h7-9H,4-6H2,1-3H3. The molecular weight excluding hydrogens is 136 g/mol. The fourth-order valence-electron chi connectivity index (χ4n) is 0.991. The second kappa shape index (κ2) is 6.14. The van der Waals surface area contributed by atoms with Gasteiger partial charge >= 0.3 is 0 Å². The molecule has 64 valence electrons. The average molecular weight is 154 g/mol. The van der Waals surface area contributed by atoms with Crippen LogP contribution in [0.3, 0.4) is 0 Å². The Morgan fingerprint density at radius 2 is 2.09 bits per heavy atom. The van der Waals surface area contributed by atoms with Crippen LogP contribution >= 0.6 is 0 Å². The Morgan fingerprint density at radius 3 is 2.45 bits per heavy atom. The summed E-state index contributed by atoms with van der Waals surface area (Å²) < 4.78 is 0. The Hall–Kier alpha value is -0.590. The summed E-state index contributed by atoms with van der Waals surface area (Å²) in [4.78, 5) is 10.5. The van der Waals surface area contributed by atoms with Gasteiger partial charge in [0.2, 0.25) is 0 Å². The largest absolute Gasteiger partial charge is 0.298 e. The van der Waals surface area contributed by atoms with Gasteiger partial charge in [0, 0.05) is 0 Å². The van der Waals surface area contributed by atoms with Gasteiger partial charge < -0.3 is 0 Å². The van der Waals surface area contributed by atoms with Gasteiger partial charge in [-0.25, -0.2) is 0 Å². The molecule has 0 radical (unpaired) electrons. The Kier molecular flexibility index (Phi) is 5.81. The van der Waals surface area contributed by atoms with Crippen molar-refractivity contribution in [1.82, 2.24) is 0 Å². The molecule has 0 N–H and O–H groups in total. The molecule has 1 nitrogen and oxygen atoms in total. The number of hydrogen-bond donors (Lipinski definition) is 0. The van der Waals surface area contributed by atoms with E-state index < -0.39 is 0 Å². The molecule has 0 aromatic heterocycles. The van der Waals surface area contributed by atoms with E-state index >= 15 is 0 Å². The fourth-order valence-corrected chi connectivity index (χ4v) is 0.991. The Bertz CT molecular complexity index is 134. The van der Waals surface area contributed by atoms with Crippen molar-refractivity contribution in [3.05, 3.63) is 11.6 Å². The minimum Gasteiger partial charge on any atom is -0.298 e. The van der Waals surface area contributed by atoms with E-state index in [0.717, 1.165) is 31.1 Å². The molecule has 1 heteroatoms. The van der Waals surface area contributed by atoms with Crippen molar-refractivity contribution in [3.63, 3.8) is 0 Å². The van der Waals surface area contributed by atoms with Crippen LogP contribution in [0.4, 0.5) is 0 Å². The lowest BCUT2D eigenvalue weighted by Gasteiger charge is -2.00. The summed E-state index contributed by atoms with van der Waals surface area (Å²) in [6.07, 6.45) is 6.25. The highest BCUT2D eigenvalue weighted by atomic mass is 16.1. The second-order valence-corrected chi connectivity index (χ2v) is 3.21. The van der Waals surface area contributed by atoms with Crippen LogP contribution in [0.15, 0.2) is 11.6 Å². The number of allylic oxidation sites excluding steroid dienone is 2. The predicted octanol–water partition coefficient (Wildman–Crippen LogP) is 2.96. The van der Waals surface area contributed by atoms with E-state index in [0.29, 0.717) is 5.92 Å². The highest BCUT2D eigenvalue weighted by Gasteiger charge is 1.95. The molecule has 11 heavy (non-hydrogen) atoms. The van der Waals surface area contributed by atoms with Crippen LogP contribution in [0.2, 0.25) is 0 Å². The quantitative estimate of drug-likeness (QED) is 0.439. The van der Waals surface area contributed by atoms with E-state index in [4.69, 9.17) is 0 Å². The van der Waals surface area contributed by atoms with Gasteiger partial charge in [0.05, 0.1) is 0 Å². The molecule has 0 unspecified atom stereocenters. The first-order valence-corrected chi connectivity index (χ1v) is 4.36. The smallest absolute Gasteiger partial charge is 0.145 e. The molecule has 0 bridgehead atoms. The zero-order valence-electron chi connectivity index (χ0n) is 7.76. The number of aldehydes is 1. The molecule has 0 amide bonds. The summed E-state index contributed by atoms with van der Waals surface area (Å²) in [5, 5.41) is 0. The first-order valence-electron chi connectivity index (χ1n) is 4.36. The van der Waals surface area contributed by atoms with Crippen molar-refractivity contribution in [1.29, 1.82) is 0 Å². The van der Waals surface area contributed by atoms with Gasteiger partial charge in [-0.15, -0.1) is 0 Å². The fraction of sp³-hybridized carbons (Fsp3) is 0.700. The SMILES string of the molecule is CCCCC(C=O)=CC(C)C. The maximum atomic E-state index is 10.5. The van der Waals surface area contributed by atoms with Crippen LogP contribution in [0.25, 0.3) is 0 Å². The predicted molar refractivity (Wildman–Crippen MR) is 48.5 cm³/mol. The maximum Gasteiger partial charge on any atom is 0.145 e. The van der Waals surface area contributed by atoms with Crippen LogP contribution in [-0.4, -0.2) is 6.29 Å². The summed E-state index contributed by atoms with van der Waals surface area (Å²) in [5.41, 5.74) is 0.960. The first kappa shape index (κ1) is 10.4. The van der Waals surface area contributed by atoms with Crippen molar-refractivity contribution in [2.45, 2.75) is 40.0 Å². The van der Waals surface area contributed by atoms with Crippen LogP contribution in [-0.2, 0) is 4.79 Å². The molecule has 0 aromatic carbocycles. The van der Waals surface area contributed by atoms with Crippen molar-refractivity contribution in [3.8, 4) is 0 Å². The molecule has 0 aromatic rings. The molecule has 0 atom stereocenters. The highest BCUT2D eigenvalue weighted by Crippen LogP contribution is 2.07. The molecule has 0 saturated carbocycles. The van der Waals surface area contributed by atoms with Gasteiger partial charge in [-0.2, -0.15) is 0 Å². The second-order valence-electron chi connectivity index (χ2n) is 3.21. The molecule has 0 saturated heterocycles. The minimum absolute atomic E-state index is 0.493.